The summed E-state index contributed by atoms with van der Waals surface area (Å²) in [5.74, 6) is -0.555. The van der Waals surface area contributed by atoms with E-state index >= 15 is 0 Å². The van der Waals surface area contributed by atoms with Crippen LogP contribution >= 0.6 is 15.9 Å². The normalized spacial score (nSPS) is 25.5. The molecular formula is C26H22BrFN2O3S. The fourth-order valence-electron chi connectivity index (χ4n) is 5.89. The summed E-state index contributed by atoms with van der Waals surface area (Å²) >= 11 is 3.48. The molecule has 1 aromatic heterocycles. The Kier molecular flexibility index (Phi) is 4.82. The first-order valence-corrected chi connectivity index (χ1v) is 13.5. The first-order valence-electron chi connectivity index (χ1n) is 11.2. The van der Waals surface area contributed by atoms with Crippen molar-refractivity contribution < 1.29 is 17.9 Å². The molecular weight excluding hydrogens is 519 g/mol. The number of aromatic nitrogens is 2. The summed E-state index contributed by atoms with van der Waals surface area (Å²) in [5.41, 5.74) is 4.14. The largest absolute Gasteiger partial charge is 0.387 e. The number of halogens is 2. The summed E-state index contributed by atoms with van der Waals surface area (Å²) < 4.78 is 42.3. The van der Waals surface area contributed by atoms with E-state index in [4.69, 9.17) is 0 Å². The van der Waals surface area contributed by atoms with Crippen LogP contribution in [-0.4, -0.2) is 29.4 Å². The van der Waals surface area contributed by atoms with Gasteiger partial charge in [0.25, 0.3) is 0 Å². The minimum absolute atomic E-state index is 0.0639. The molecule has 0 spiro atoms. The zero-order valence-corrected chi connectivity index (χ0v) is 20.8. The van der Waals surface area contributed by atoms with E-state index in [9.17, 15) is 17.9 Å². The molecule has 2 aromatic carbocycles. The first-order chi connectivity index (χ1) is 16.2. The van der Waals surface area contributed by atoms with Crippen LogP contribution in [0.5, 0.6) is 0 Å². The Balaban J connectivity index is 1.38. The van der Waals surface area contributed by atoms with E-state index in [0.717, 1.165) is 23.4 Å². The van der Waals surface area contributed by atoms with Crippen LogP contribution in [-0.2, 0) is 16.3 Å². The Morgan fingerprint density at radius 2 is 1.94 bits per heavy atom. The zero-order valence-electron chi connectivity index (χ0n) is 18.4. The van der Waals surface area contributed by atoms with Gasteiger partial charge in [0.05, 0.1) is 33.5 Å². The van der Waals surface area contributed by atoms with Gasteiger partial charge < -0.3 is 5.11 Å². The lowest BCUT2D eigenvalue weighted by Gasteiger charge is -2.38. The third-order valence-electron chi connectivity index (χ3n) is 7.67. The van der Waals surface area contributed by atoms with Crippen molar-refractivity contribution in [3.63, 3.8) is 0 Å². The lowest BCUT2D eigenvalue weighted by Crippen LogP contribution is -2.38. The van der Waals surface area contributed by atoms with Crippen LogP contribution in [0.2, 0.25) is 0 Å². The van der Waals surface area contributed by atoms with Crippen molar-refractivity contribution in [3.05, 3.63) is 87.8 Å². The summed E-state index contributed by atoms with van der Waals surface area (Å²) in [6.45, 7) is 2.11. The second-order valence-corrected chi connectivity index (χ2v) is 12.2. The van der Waals surface area contributed by atoms with E-state index in [2.05, 4.69) is 34.0 Å². The topological polar surface area (TPSA) is 72.2 Å². The summed E-state index contributed by atoms with van der Waals surface area (Å²) in [4.78, 5) is 0.301. The molecule has 1 fully saturated rings. The van der Waals surface area contributed by atoms with Gasteiger partial charge in [0.2, 0.25) is 9.84 Å². The molecule has 2 heterocycles. The zero-order chi connectivity index (χ0) is 23.8. The molecule has 3 atom stereocenters. The molecule has 1 aliphatic heterocycles. The number of sulfone groups is 1. The minimum atomic E-state index is -3.78. The molecule has 2 aliphatic carbocycles. The Morgan fingerprint density at radius 3 is 2.68 bits per heavy atom. The highest BCUT2D eigenvalue weighted by Gasteiger charge is 2.52. The van der Waals surface area contributed by atoms with Gasteiger partial charge in [-0.3, -0.25) is 0 Å². The monoisotopic (exact) mass is 540 g/mol. The van der Waals surface area contributed by atoms with E-state index in [0.29, 0.717) is 22.9 Å². The van der Waals surface area contributed by atoms with E-state index < -0.39 is 21.4 Å². The van der Waals surface area contributed by atoms with E-state index in [-0.39, 0.29) is 21.5 Å². The molecule has 3 aliphatic rings. The highest BCUT2D eigenvalue weighted by Crippen LogP contribution is 2.57. The van der Waals surface area contributed by atoms with Gasteiger partial charge in [0.15, 0.2) is 0 Å². The van der Waals surface area contributed by atoms with Gasteiger partial charge in [-0.1, -0.05) is 30.7 Å². The number of hydrogen-bond acceptors (Lipinski definition) is 4. The Hall–Kier alpha value is -2.55. The van der Waals surface area contributed by atoms with E-state index in [1.54, 1.807) is 36.4 Å². The van der Waals surface area contributed by atoms with Crippen LogP contribution in [0, 0.1) is 17.2 Å². The lowest BCUT2D eigenvalue weighted by atomic mass is 9.68. The van der Waals surface area contributed by atoms with Crippen LogP contribution in [0.25, 0.3) is 16.2 Å². The van der Waals surface area contributed by atoms with Gasteiger partial charge in [0.1, 0.15) is 5.82 Å². The second kappa shape index (κ2) is 7.47. The molecule has 0 amide bonds. The smallest absolute Gasteiger partial charge is 0.207 e. The van der Waals surface area contributed by atoms with Crippen LogP contribution in [0.3, 0.4) is 0 Å². The third-order valence-corrected chi connectivity index (χ3v) is 10.7. The van der Waals surface area contributed by atoms with Crippen LogP contribution in [0.1, 0.15) is 36.6 Å². The molecule has 174 valence electrons. The Morgan fingerprint density at radius 1 is 1.21 bits per heavy atom. The van der Waals surface area contributed by atoms with Crippen LogP contribution < -0.4 is 0 Å². The van der Waals surface area contributed by atoms with Gasteiger partial charge in [-0.15, -0.1) is 0 Å². The number of benzene rings is 2. The number of rotatable bonds is 3. The molecule has 0 unspecified atom stereocenters. The summed E-state index contributed by atoms with van der Waals surface area (Å²) in [5, 5.41) is 16.1. The van der Waals surface area contributed by atoms with Gasteiger partial charge in [-0.05, 0) is 88.5 Å². The van der Waals surface area contributed by atoms with Crippen LogP contribution in [0.4, 0.5) is 4.39 Å². The van der Waals surface area contributed by atoms with E-state index in [1.807, 2.05) is 10.9 Å². The number of fused-ring (bicyclic) bond motifs is 3. The lowest BCUT2D eigenvalue weighted by molar-refractivity contribution is 0.0893. The molecule has 1 N–H and O–H groups in total. The number of hydrogen-bond donors (Lipinski definition) is 1. The molecule has 5 nitrogen and oxygen atoms in total. The third kappa shape index (κ3) is 2.98. The summed E-state index contributed by atoms with van der Waals surface area (Å²) in [7, 11) is -3.78. The highest BCUT2D eigenvalue weighted by molar-refractivity contribution is 9.15. The molecule has 3 aromatic rings. The molecule has 34 heavy (non-hydrogen) atoms. The molecule has 8 heteroatoms. The standard InChI is InChI=1S/C26H22BrFN2O3S/c1-26-13-15-14-29-30(18-9-7-17(28)8-10-18)21(15)12-16(26)6-11-20(26)24(31)25-23(27)19-4-2-3-5-22(19)34(25,32)33/h2-5,7-10,12,14,20,24,31H,6,11,13H2,1H3/t20-,24+,26+/m1/s1. The van der Waals surface area contributed by atoms with Gasteiger partial charge >= 0.3 is 0 Å². The average Bonchev–Trinajstić information content (AvgIpc) is 3.42. The average molecular weight is 541 g/mol. The van der Waals surface area contributed by atoms with Crippen LogP contribution in [0.15, 0.2) is 70.1 Å². The van der Waals surface area contributed by atoms with Gasteiger partial charge in [-0.25, -0.2) is 17.5 Å². The summed E-state index contributed by atoms with van der Waals surface area (Å²) in [6, 6.07) is 13.1. The highest BCUT2D eigenvalue weighted by atomic mass is 79.9. The van der Waals surface area contributed by atoms with Crippen molar-refractivity contribution in [3.8, 4) is 5.69 Å². The Bertz CT molecular complexity index is 1510. The maximum atomic E-state index is 13.4. The predicted octanol–water partition coefficient (Wildman–Crippen LogP) is 5.28. The summed E-state index contributed by atoms with van der Waals surface area (Å²) in [6.07, 6.45) is 4.91. The first kappa shape index (κ1) is 21.9. The van der Waals surface area contributed by atoms with Gasteiger partial charge in [-0.2, -0.15) is 5.10 Å². The van der Waals surface area contributed by atoms with Crippen molar-refractivity contribution in [2.24, 2.45) is 11.3 Å². The predicted molar refractivity (Wildman–Crippen MR) is 132 cm³/mol. The number of nitrogens with zero attached hydrogens (tertiary/aromatic N) is 2. The van der Waals surface area contributed by atoms with E-state index in [1.165, 1.54) is 17.7 Å². The molecule has 6 rings (SSSR count). The van der Waals surface area contributed by atoms with Crippen molar-refractivity contribution in [2.45, 2.75) is 37.2 Å². The minimum Gasteiger partial charge on any atom is -0.387 e. The maximum Gasteiger partial charge on any atom is 0.207 e. The Labute approximate surface area is 205 Å². The van der Waals surface area contributed by atoms with Gasteiger partial charge in [0, 0.05) is 10.0 Å². The number of aliphatic hydroxyl groups excluding tert-OH is 1. The SMILES string of the molecule is C[C@]12Cc3cnn(-c4ccc(F)cc4)c3C=C1CC[C@@H]2[C@H](O)C1=C(Br)c2ccccc2S1(=O)=O. The maximum absolute atomic E-state index is 13.4. The van der Waals surface area contributed by atoms with Crippen molar-refractivity contribution >= 4 is 36.3 Å². The quantitative estimate of drug-likeness (QED) is 0.490. The fourth-order valence-corrected chi connectivity index (χ4v) is 9.03. The molecule has 0 radical (unpaired) electrons. The number of aliphatic hydroxyl groups is 1. The molecule has 0 saturated heterocycles. The fraction of sp³-hybridized carbons (Fsp3) is 0.269. The van der Waals surface area contributed by atoms with Crippen molar-refractivity contribution in [1.82, 2.24) is 9.78 Å². The second-order valence-electron chi connectivity index (χ2n) is 9.47. The van der Waals surface area contributed by atoms with Crippen molar-refractivity contribution in [2.75, 3.05) is 0 Å². The molecule has 0 bridgehead atoms. The van der Waals surface area contributed by atoms with Crippen molar-refractivity contribution in [1.29, 1.82) is 0 Å². The molecule has 1 saturated carbocycles. The number of allylic oxidation sites excluding steroid dienone is 1.